The van der Waals surface area contributed by atoms with Gasteiger partial charge >= 0.3 is 6.03 Å². The summed E-state index contributed by atoms with van der Waals surface area (Å²) in [5.41, 5.74) is 9.02. The lowest BCUT2D eigenvalue weighted by Crippen LogP contribution is -2.50. The number of sulfonamides is 1. The lowest BCUT2D eigenvalue weighted by atomic mass is 9.89. The molecule has 3 N–H and O–H groups in total. The number of aryl methyl sites for hydroxylation is 3. The number of nitrogens with one attached hydrogen (secondary N) is 1. The number of piperidine rings is 1. The molecule has 2 aliphatic heterocycles. The molecule has 2 aliphatic rings. The number of carbonyl (C=O) groups excluding carboxylic acids is 2. The molecule has 0 aliphatic carbocycles. The van der Waals surface area contributed by atoms with E-state index in [1.54, 1.807) is 25.3 Å². The molecule has 4 rings (SSSR count). The number of hydrogen-bond acceptors (Lipinski definition) is 5. The van der Waals surface area contributed by atoms with Crippen LogP contribution in [0.15, 0.2) is 52.9 Å². The zero-order chi connectivity index (χ0) is 31.7. The first kappa shape index (κ1) is 33.4. The minimum atomic E-state index is -3.69. The summed E-state index contributed by atoms with van der Waals surface area (Å²) in [4.78, 5) is 30.6. The van der Waals surface area contributed by atoms with Crippen molar-refractivity contribution in [1.82, 2.24) is 9.62 Å². The zero-order valence-electron chi connectivity index (χ0n) is 26.3. The quantitative estimate of drug-likeness (QED) is 0.257. The second-order valence-electron chi connectivity index (χ2n) is 12.1. The normalized spacial score (nSPS) is 16.8. The molecule has 3 amide bonds. The third kappa shape index (κ3) is 8.57. The Morgan fingerprint density at radius 1 is 0.977 bits per heavy atom. The van der Waals surface area contributed by atoms with Crippen LogP contribution < -0.4 is 16.0 Å². The number of primary amides is 1. The monoisotopic (exact) mass is 621 g/mol. The molecule has 0 radical (unpaired) electrons. The van der Waals surface area contributed by atoms with Crippen LogP contribution in [-0.4, -0.2) is 56.2 Å². The van der Waals surface area contributed by atoms with E-state index in [0.29, 0.717) is 18.5 Å². The molecule has 2 aromatic carbocycles. The third-order valence-corrected chi connectivity index (χ3v) is 10.4. The molecule has 0 atom stereocenters. The molecule has 2 aromatic rings. The van der Waals surface area contributed by atoms with Gasteiger partial charge in [-0.2, -0.15) is 4.31 Å². The standard InChI is InChI=1S/C34H47N5O4S/c1-26-24-29(38(3)33(35)41)25-27(2)30(26)18-23-44(42,43)39-21-19-34(20-22-39)32(40)36-31(37-34)17-13-8-6-4-5-7-10-14-28-15-11-9-12-16-28/h9,11-12,15-16,18,23-25H,4-8,10,13-14,17,19-22H2,1-3H3,(H2,35,41)(H,36,37,40). The smallest absolute Gasteiger partial charge is 0.318 e. The number of aliphatic imine (C=N–C) groups is 1. The fraction of sp³-hybridized carbons (Fsp3) is 0.500. The molecule has 1 saturated heterocycles. The zero-order valence-corrected chi connectivity index (χ0v) is 27.2. The first-order chi connectivity index (χ1) is 21.0. The average molecular weight is 622 g/mol. The highest BCUT2D eigenvalue weighted by Crippen LogP contribution is 2.32. The molecule has 2 heterocycles. The molecule has 238 valence electrons. The highest BCUT2D eigenvalue weighted by atomic mass is 32.2. The number of amides is 3. The Morgan fingerprint density at radius 3 is 2.14 bits per heavy atom. The number of nitrogens with zero attached hydrogens (tertiary/aromatic N) is 3. The van der Waals surface area contributed by atoms with Gasteiger partial charge in [-0.05, 0) is 86.4 Å². The van der Waals surface area contributed by atoms with Crippen molar-refractivity contribution < 1.29 is 18.0 Å². The summed E-state index contributed by atoms with van der Waals surface area (Å²) < 4.78 is 27.8. The van der Waals surface area contributed by atoms with E-state index in [9.17, 15) is 18.0 Å². The summed E-state index contributed by atoms with van der Waals surface area (Å²) in [6, 6.07) is 13.7. The number of urea groups is 1. The van der Waals surface area contributed by atoms with Crippen LogP contribution in [0, 0.1) is 13.8 Å². The van der Waals surface area contributed by atoms with Gasteiger partial charge in [0.25, 0.3) is 5.91 Å². The van der Waals surface area contributed by atoms with Gasteiger partial charge < -0.3 is 11.1 Å². The van der Waals surface area contributed by atoms with Gasteiger partial charge in [0.2, 0.25) is 10.0 Å². The summed E-state index contributed by atoms with van der Waals surface area (Å²) in [6.07, 6.45) is 12.5. The van der Waals surface area contributed by atoms with E-state index in [-0.39, 0.29) is 19.0 Å². The van der Waals surface area contributed by atoms with Crippen LogP contribution in [0.5, 0.6) is 0 Å². The molecule has 1 spiro atoms. The van der Waals surface area contributed by atoms with Crippen molar-refractivity contribution in [3.63, 3.8) is 0 Å². The van der Waals surface area contributed by atoms with Gasteiger partial charge in [0, 0.05) is 37.7 Å². The Bertz CT molecular complexity index is 1460. The van der Waals surface area contributed by atoms with Crippen LogP contribution in [0.3, 0.4) is 0 Å². The van der Waals surface area contributed by atoms with E-state index in [1.807, 2.05) is 13.8 Å². The molecular weight excluding hydrogens is 574 g/mol. The predicted octanol–water partition coefficient (Wildman–Crippen LogP) is 5.85. The summed E-state index contributed by atoms with van der Waals surface area (Å²) in [5, 5.41) is 4.20. The van der Waals surface area contributed by atoms with E-state index < -0.39 is 21.6 Å². The van der Waals surface area contributed by atoms with E-state index in [1.165, 1.54) is 52.3 Å². The molecule has 0 bridgehead atoms. The van der Waals surface area contributed by atoms with E-state index in [0.717, 1.165) is 48.2 Å². The number of rotatable bonds is 14. The molecule has 0 unspecified atom stereocenters. The van der Waals surface area contributed by atoms with Gasteiger partial charge in [0.15, 0.2) is 0 Å². The first-order valence-corrected chi connectivity index (χ1v) is 17.3. The second-order valence-corrected chi connectivity index (χ2v) is 14.0. The molecule has 10 heteroatoms. The van der Waals surface area contributed by atoms with Crippen molar-refractivity contribution >= 4 is 39.6 Å². The molecular formula is C34H47N5O4S. The van der Waals surface area contributed by atoms with Crippen molar-refractivity contribution in [2.24, 2.45) is 10.7 Å². The fourth-order valence-electron chi connectivity index (χ4n) is 6.08. The van der Waals surface area contributed by atoms with E-state index >= 15 is 0 Å². The molecule has 9 nitrogen and oxygen atoms in total. The Morgan fingerprint density at radius 2 is 1.55 bits per heavy atom. The van der Waals surface area contributed by atoms with Gasteiger partial charge in [0.1, 0.15) is 11.4 Å². The van der Waals surface area contributed by atoms with Gasteiger partial charge in [-0.3, -0.25) is 14.7 Å². The van der Waals surface area contributed by atoms with E-state index in [2.05, 4.69) is 35.6 Å². The molecule has 0 aromatic heterocycles. The summed E-state index contributed by atoms with van der Waals surface area (Å²) >= 11 is 0. The number of unbranched alkanes of at least 4 members (excludes halogenated alkanes) is 6. The Balaban J connectivity index is 1.21. The minimum Gasteiger partial charge on any atom is -0.351 e. The van der Waals surface area contributed by atoms with Crippen LogP contribution >= 0.6 is 0 Å². The summed E-state index contributed by atoms with van der Waals surface area (Å²) in [6.45, 7) is 4.21. The Labute approximate surface area is 262 Å². The molecule has 0 saturated carbocycles. The number of anilines is 1. The summed E-state index contributed by atoms with van der Waals surface area (Å²) in [7, 11) is -2.10. The fourth-order valence-corrected chi connectivity index (χ4v) is 7.25. The Hall–Kier alpha value is -3.50. The number of amidine groups is 1. The highest BCUT2D eigenvalue weighted by Gasteiger charge is 2.46. The minimum absolute atomic E-state index is 0.106. The first-order valence-electron chi connectivity index (χ1n) is 15.8. The predicted molar refractivity (Wildman–Crippen MR) is 178 cm³/mol. The van der Waals surface area contributed by atoms with Gasteiger partial charge in [-0.1, -0.05) is 62.4 Å². The second kappa shape index (κ2) is 15.0. The third-order valence-electron chi connectivity index (χ3n) is 8.86. The maximum absolute atomic E-state index is 13.2. The lowest BCUT2D eigenvalue weighted by molar-refractivity contribution is -0.124. The topological polar surface area (TPSA) is 125 Å². The maximum atomic E-state index is 13.2. The van der Waals surface area contributed by atoms with Crippen molar-refractivity contribution in [2.75, 3.05) is 25.0 Å². The highest BCUT2D eigenvalue weighted by molar-refractivity contribution is 7.92. The van der Waals surface area contributed by atoms with Crippen LogP contribution in [0.25, 0.3) is 6.08 Å². The van der Waals surface area contributed by atoms with Crippen LogP contribution in [-0.2, 0) is 21.2 Å². The summed E-state index contributed by atoms with van der Waals surface area (Å²) in [5.74, 6) is 0.635. The number of carbonyl (C=O) groups is 2. The van der Waals surface area contributed by atoms with Crippen molar-refractivity contribution in [2.45, 2.75) is 90.0 Å². The number of hydrogen-bond donors (Lipinski definition) is 2. The Kier molecular flexibility index (Phi) is 11.4. The van der Waals surface area contributed by atoms with Gasteiger partial charge in [-0.15, -0.1) is 0 Å². The maximum Gasteiger partial charge on any atom is 0.318 e. The molecule has 44 heavy (non-hydrogen) atoms. The van der Waals surface area contributed by atoms with Crippen molar-refractivity contribution in [3.8, 4) is 0 Å². The van der Waals surface area contributed by atoms with Crippen molar-refractivity contribution in [1.29, 1.82) is 0 Å². The average Bonchev–Trinajstić information content (AvgIpc) is 3.29. The molecule has 1 fully saturated rings. The SMILES string of the molecule is Cc1cc(N(C)C(N)=O)cc(C)c1C=CS(=O)(=O)N1CCC2(CC1)N=C(CCCCCCCCCc1ccccc1)NC2=O. The largest absolute Gasteiger partial charge is 0.351 e. The number of nitrogens with two attached hydrogens (primary N) is 1. The van der Waals surface area contributed by atoms with Crippen LogP contribution in [0.1, 0.15) is 86.5 Å². The van der Waals surface area contributed by atoms with Crippen LogP contribution in [0.2, 0.25) is 0 Å². The van der Waals surface area contributed by atoms with Gasteiger partial charge in [0.05, 0.1) is 0 Å². The lowest BCUT2D eigenvalue weighted by Gasteiger charge is -2.34. The van der Waals surface area contributed by atoms with E-state index in [4.69, 9.17) is 10.7 Å². The van der Waals surface area contributed by atoms with Crippen molar-refractivity contribution in [3.05, 3.63) is 70.1 Å². The number of benzene rings is 2. The van der Waals surface area contributed by atoms with Gasteiger partial charge in [-0.25, -0.2) is 13.2 Å². The van der Waals surface area contributed by atoms with Crippen LogP contribution in [0.4, 0.5) is 10.5 Å².